The number of hydrogen-bond acceptors (Lipinski definition) is 6. The quantitative estimate of drug-likeness (QED) is 0.477. The standard InChI is InChI=1S/C22H27N5O3S2/c1-16(2)17-10-12-18(13-11-17)23-21(28)15-31-22-25-24-20(26(22)3)14-27(32(4,29)30)19-8-6-5-7-9-19/h5-13,16H,14-15H2,1-4H3,(H,23,28). The molecule has 0 aliphatic carbocycles. The summed E-state index contributed by atoms with van der Waals surface area (Å²) in [5, 5.41) is 11.7. The van der Waals surface area contributed by atoms with Crippen LogP contribution in [0.25, 0.3) is 0 Å². The van der Waals surface area contributed by atoms with Crippen molar-refractivity contribution in [3.8, 4) is 0 Å². The van der Waals surface area contributed by atoms with Crippen molar-refractivity contribution in [1.82, 2.24) is 14.8 Å². The largest absolute Gasteiger partial charge is 0.325 e. The van der Waals surface area contributed by atoms with E-state index in [4.69, 9.17) is 0 Å². The van der Waals surface area contributed by atoms with Gasteiger partial charge in [0.25, 0.3) is 0 Å². The molecule has 10 heteroatoms. The monoisotopic (exact) mass is 473 g/mol. The van der Waals surface area contributed by atoms with Crippen LogP contribution >= 0.6 is 11.8 Å². The van der Waals surface area contributed by atoms with Crippen LogP contribution in [0.15, 0.2) is 59.8 Å². The molecule has 0 saturated carbocycles. The Balaban J connectivity index is 1.63. The molecule has 0 unspecified atom stereocenters. The fourth-order valence-corrected chi connectivity index (χ4v) is 4.59. The van der Waals surface area contributed by atoms with Gasteiger partial charge in [0.05, 0.1) is 24.2 Å². The van der Waals surface area contributed by atoms with Crippen LogP contribution < -0.4 is 9.62 Å². The van der Waals surface area contributed by atoms with Gasteiger partial charge >= 0.3 is 0 Å². The maximum atomic E-state index is 12.3. The van der Waals surface area contributed by atoms with E-state index in [1.165, 1.54) is 21.6 Å². The van der Waals surface area contributed by atoms with Crippen molar-refractivity contribution in [3.05, 3.63) is 66.0 Å². The molecule has 0 aliphatic rings. The Labute approximate surface area is 193 Å². The number of rotatable bonds is 9. The van der Waals surface area contributed by atoms with Gasteiger partial charge in [-0.05, 0) is 35.7 Å². The van der Waals surface area contributed by atoms with Gasteiger partial charge in [-0.15, -0.1) is 10.2 Å². The molecule has 32 heavy (non-hydrogen) atoms. The minimum atomic E-state index is -3.51. The Hall–Kier alpha value is -2.85. The van der Waals surface area contributed by atoms with E-state index in [9.17, 15) is 13.2 Å². The first-order chi connectivity index (χ1) is 15.1. The number of nitrogens with zero attached hydrogens (tertiary/aromatic N) is 4. The molecule has 1 heterocycles. The zero-order valence-corrected chi connectivity index (χ0v) is 20.2. The fraction of sp³-hybridized carbons (Fsp3) is 0.318. The Morgan fingerprint density at radius 1 is 1.09 bits per heavy atom. The van der Waals surface area contributed by atoms with Gasteiger partial charge in [0, 0.05) is 12.7 Å². The van der Waals surface area contributed by atoms with Gasteiger partial charge in [-0.3, -0.25) is 9.10 Å². The summed E-state index contributed by atoms with van der Waals surface area (Å²) in [6, 6.07) is 16.6. The van der Waals surface area contributed by atoms with Crippen LogP contribution in [0.1, 0.15) is 31.2 Å². The molecule has 0 spiro atoms. The van der Waals surface area contributed by atoms with Crippen molar-refractivity contribution < 1.29 is 13.2 Å². The van der Waals surface area contributed by atoms with Gasteiger partial charge < -0.3 is 9.88 Å². The molecule has 2 aromatic carbocycles. The summed E-state index contributed by atoms with van der Waals surface area (Å²) in [6.07, 6.45) is 1.16. The fourth-order valence-electron chi connectivity index (χ4n) is 3.01. The van der Waals surface area contributed by atoms with E-state index in [-0.39, 0.29) is 18.2 Å². The van der Waals surface area contributed by atoms with Crippen LogP contribution in [0.3, 0.4) is 0 Å². The second-order valence-corrected chi connectivity index (χ2v) is 10.5. The van der Waals surface area contributed by atoms with Crippen molar-refractivity contribution in [2.45, 2.75) is 31.5 Å². The van der Waals surface area contributed by atoms with Gasteiger partial charge in [-0.25, -0.2) is 8.42 Å². The molecule has 1 aromatic heterocycles. The van der Waals surface area contributed by atoms with E-state index in [2.05, 4.69) is 29.4 Å². The third-order valence-corrected chi connectivity index (χ3v) is 7.01. The predicted octanol–water partition coefficient (Wildman–Crippen LogP) is 3.64. The highest BCUT2D eigenvalue weighted by molar-refractivity contribution is 7.99. The summed E-state index contributed by atoms with van der Waals surface area (Å²) in [7, 11) is -1.76. The molecule has 0 saturated heterocycles. The van der Waals surface area contributed by atoms with Gasteiger partial charge in [-0.1, -0.05) is 55.9 Å². The second kappa shape index (κ2) is 10.2. The van der Waals surface area contributed by atoms with Crippen LogP contribution in [0, 0.1) is 0 Å². The first-order valence-corrected chi connectivity index (χ1v) is 12.9. The Morgan fingerprint density at radius 2 is 1.75 bits per heavy atom. The van der Waals surface area contributed by atoms with E-state index in [1.807, 2.05) is 30.3 Å². The maximum Gasteiger partial charge on any atom is 0.234 e. The number of nitrogens with one attached hydrogen (secondary N) is 1. The number of aromatic nitrogens is 3. The molecular weight excluding hydrogens is 446 g/mol. The Morgan fingerprint density at radius 3 is 2.34 bits per heavy atom. The minimum Gasteiger partial charge on any atom is -0.325 e. The number of hydrogen-bond donors (Lipinski definition) is 1. The Kier molecular flexibility index (Phi) is 7.57. The number of carbonyl (C=O) groups excluding carboxylic acids is 1. The number of amides is 1. The van der Waals surface area contributed by atoms with Gasteiger partial charge in [0.2, 0.25) is 15.9 Å². The number of anilines is 2. The SMILES string of the molecule is CC(C)c1ccc(NC(=O)CSc2nnc(CN(c3ccccc3)S(C)(=O)=O)n2C)cc1. The topological polar surface area (TPSA) is 97.2 Å². The van der Waals surface area contributed by atoms with Gasteiger partial charge in [-0.2, -0.15) is 0 Å². The zero-order valence-electron chi connectivity index (χ0n) is 18.5. The second-order valence-electron chi connectivity index (χ2n) is 7.68. The molecule has 3 aromatic rings. The van der Waals surface area contributed by atoms with Crippen molar-refractivity contribution in [1.29, 1.82) is 0 Å². The summed E-state index contributed by atoms with van der Waals surface area (Å²) in [5.41, 5.74) is 2.50. The number of benzene rings is 2. The lowest BCUT2D eigenvalue weighted by Gasteiger charge is -2.21. The average Bonchev–Trinajstić information content (AvgIpc) is 3.10. The number of para-hydroxylation sites is 1. The van der Waals surface area contributed by atoms with Crippen LogP contribution in [-0.2, 0) is 28.4 Å². The van der Waals surface area contributed by atoms with Crippen molar-refractivity contribution in [3.63, 3.8) is 0 Å². The van der Waals surface area contributed by atoms with Crippen LogP contribution in [0.5, 0.6) is 0 Å². The molecule has 0 radical (unpaired) electrons. The smallest absolute Gasteiger partial charge is 0.234 e. The summed E-state index contributed by atoms with van der Waals surface area (Å²) in [6.45, 7) is 4.28. The third kappa shape index (κ3) is 6.10. The maximum absolute atomic E-state index is 12.3. The van der Waals surface area contributed by atoms with Crippen LogP contribution in [0.4, 0.5) is 11.4 Å². The highest BCUT2D eigenvalue weighted by Gasteiger charge is 2.21. The highest BCUT2D eigenvalue weighted by Crippen LogP contribution is 2.22. The van der Waals surface area contributed by atoms with Gasteiger partial charge in [0.1, 0.15) is 0 Å². The van der Waals surface area contributed by atoms with Crippen molar-refractivity contribution >= 4 is 39.1 Å². The molecule has 8 nitrogen and oxygen atoms in total. The number of thioether (sulfide) groups is 1. The molecule has 0 aliphatic heterocycles. The molecule has 1 N–H and O–H groups in total. The molecule has 0 atom stereocenters. The molecule has 1 amide bonds. The first kappa shape index (κ1) is 23.8. The molecule has 170 valence electrons. The average molecular weight is 474 g/mol. The summed E-state index contributed by atoms with van der Waals surface area (Å²) in [5.74, 6) is 0.915. The molecule has 0 bridgehead atoms. The normalized spacial score (nSPS) is 11.5. The van der Waals surface area contributed by atoms with Crippen LogP contribution in [-0.4, -0.2) is 41.1 Å². The summed E-state index contributed by atoms with van der Waals surface area (Å²) >= 11 is 1.24. The lowest BCUT2D eigenvalue weighted by Crippen LogP contribution is -2.30. The van der Waals surface area contributed by atoms with E-state index < -0.39 is 10.0 Å². The molecule has 0 fully saturated rings. The minimum absolute atomic E-state index is 0.0430. The third-order valence-electron chi connectivity index (χ3n) is 4.85. The first-order valence-electron chi connectivity index (χ1n) is 10.1. The van der Waals surface area contributed by atoms with Gasteiger partial charge in [0.15, 0.2) is 11.0 Å². The zero-order chi connectivity index (χ0) is 23.3. The van der Waals surface area contributed by atoms with Crippen molar-refractivity contribution in [2.24, 2.45) is 7.05 Å². The van der Waals surface area contributed by atoms with E-state index in [0.717, 1.165) is 11.9 Å². The molecular formula is C22H27N5O3S2. The van der Waals surface area contributed by atoms with E-state index in [0.29, 0.717) is 22.6 Å². The number of sulfonamides is 1. The Bertz CT molecular complexity index is 1160. The summed E-state index contributed by atoms with van der Waals surface area (Å²) in [4.78, 5) is 12.3. The highest BCUT2D eigenvalue weighted by atomic mass is 32.2. The predicted molar refractivity (Wildman–Crippen MR) is 128 cm³/mol. The lowest BCUT2D eigenvalue weighted by atomic mass is 10.0. The van der Waals surface area contributed by atoms with Crippen molar-refractivity contribution in [2.75, 3.05) is 21.6 Å². The van der Waals surface area contributed by atoms with Crippen LogP contribution in [0.2, 0.25) is 0 Å². The molecule has 3 rings (SSSR count). The number of carbonyl (C=O) groups is 1. The lowest BCUT2D eigenvalue weighted by molar-refractivity contribution is -0.113. The van der Waals surface area contributed by atoms with E-state index >= 15 is 0 Å². The van der Waals surface area contributed by atoms with E-state index in [1.54, 1.807) is 35.9 Å². The summed E-state index contributed by atoms with van der Waals surface area (Å²) < 4.78 is 27.6.